The Morgan fingerprint density at radius 3 is 2.50 bits per heavy atom. The summed E-state index contributed by atoms with van der Waals surface area (Å²) in [6.45, 7) is 0.170. The van der Waals surface area contributed by atoms with Crippen LogP contribution in [0.1, 0.15) is 18.1 Å². The van der Waals surface area contributed by atoms with Gasteiger partial charge in [-0.1, -0.05) is 41.9 Å². The molecule has 4 nitrogen and oxygen atoms in total. The van der Waals surface area contributed by atoms with E-state index in [1.807, 2.05) is 30.3 Å². The van der Waals surface area contributed by atoms with Crippen LogP contribution in [-0.2, 0) is 0 Å². The minimum atomic E-state index is -1.08. The zero-order valence-corrected chi connectivity index (χ0v) is 14.0. The van der Waals surface area contributed by atoms with Crippen molar-refractivity contribution in [3.8, 4) is 0 Å². The highest BCUT2D eigenvalue weighted by Gasteiger charge is 2.17. The molecule has 0 aliphatic rings. The van der Waals surface area contributed by atoms with Crippen LogP contribution in [-0.4, -0.2) is 22.9 Å². The van der Waals surface area contributed by atoms with Crippen molar-refractivity contribution in [1.82, 2.24) is 0 Å². The van der Waals surface area contributed by atoms with Gasteiger partial charge in [0.15, 0.2) is 0 Å². The molecule has 0 saturated carbocycles. The van der Waals surface area contributed by atoms with Crippen LogP contribution in [0.25, 0.3) is 0 Å². The van der Waals surface area contributed by atoms with Gasteiger partial charge in [0, 0.05) is 16.7 Å². The fourth-order valence-corrected chi connectivity index (χ4v) is 2.50. The van der Waals surface area contributed by atoms with Crippen molar-refractivity contribution >= 4 is 39.3 Å². The topological polar surface area (TPSA) is 60.8 Å². The van der Waals surface area contributed by atoms with E-state index in [9.17, 15) is 15.0 Å². The molecule has 2 rings (SSSR count). The predicted molar refractivity (Wildman–Crippen MR) is 90.5 cm³/mol. The van der Waals surface area contributed by atoms with Gasteiger partial charge in [0.2, 0.25) is 0 Å². The maximum atomic E-state index is 11.4. The molecule has 22 heavy (non-hydrogen) atoms. The van der Waals surface area contributed by atoms with Crippen molar-refractivity contribution in [3.05, 3.63) is 63.6 Å². The Hall–Kier alpha value is -1.56. The molecule has 2 aromatic rings. The zero-order chi connectivity index (χ0) is 16.1. The number of carboxylic acid groups (broad SMARTS) is 1. The number of hydrogen-bond donors (Lipinski definition) is 2. The molecule has 0 saturated heterocycles. The highest BCUT2D eigenvalue weighted by atomic mass is 79.9. The predicted octanol–water partition coefficient (Wildman–Crippen LogP) is 4.71. The van der Waals surface area contributed by atoms with E-state index in [2.05, 4.69) is 15.9 Å². The SMILES string of the molecule is O=C(O)N(CC[C@@H](O)c1ccccc1)c1ccc(Br)c(Cl)c1. The average molecular weight is 385 g/mol. The molecule has 0 spiro atoms. The highest BCUT2D eigenvalue weighted by Crippen LogP contribution is 2.28. The standard InChI is InChI=1S/C16H15BrClNO3/c17-13-7-6-12(10-14(13)18)19(16(21)22)9-8-15(20)11-4-2-1-3-5-11/h1-7,10,15,20H,8-9H2,(H,21,22)/t15-/m1/s1. The summed E-state index contributed by atoms with van der Waals surface area (Å²) in [4.78, 5) is 12.6. The Morgan fingerprint density at radius 1 is 1.23 bits per heavy atom. The monoisotopic (exact) mass is 383 g/mol. The first-order valence-electron chi connectivity index (χ1n) is 6.67. The average Bonchev–Trinajstić information content (AvgIpc) is 2.51. The maximum Gasteiger partial charge on any atom is 0.411 e. The lowest BCUT2D eigenvalue weighted by Gasteiger charge is -2.21. The van der Waals surface area contributed by atoms with Gasteiger partial charge in [0.25, 0.3) is 0 Å². The highest BCUT2D eigenvalue weighted by molar-refractivity contribution is 9.10. The number of aliphatic hydroxyl groups excluding tert-OH is 1. The molecule has 0 aliphatic carbocycles. The van der Waals surface area contributed by atoms with Gasteiger partial charge in [-0.3, -0.25) is 4.90 Å². The summed E-state index contributed by atoms with van der Waals surface area (Å²) in [5, 5.41) is 19.9. The third-order valence-electron chi connectivity index (χ3n) is 3.26. The molecular formula is C16H15BrClNO3. The molecule has 0 radical (unpaired) electrons. The summed E-state index contributed by atoms with van der Waals surface area (Å²) < 4.78 is 0.701. The molecular weight excluding hydrogens is 370 g/mol. The minimum Gasteiger partial charge on any atom is -0.465 e. The van der Waals surface area contributed by atoms with Crippen LogP contribution in [0.4, 0.5) is 10.5 Å². The van der Waals surface area contributed by atoms with Gasteiger partial charge >= 0.3 is 6.09 Å². The van der Waals surface area contributed by atoms with Gasteiger partial charge in [0.05, 0.1) is 11.1 Å². The lowest BCUT2D eigenvalue weighted by molar-refractivity contribution is 0.166. The number of aliphatic hydroxyl groups is 1. The molecule has 0 aliphatic heterocycles. The lowest BCUT2D eigenvalue weighted by Crippen LogP contribution is -2.31. The van der Waals surface area contributed by atoms with Gasteiger partial charge in [0.1, 0.15) is 0 Å². The van der Waals surface area contributed by atoms with E-state index in [4.69, 9.17) is 11.6 Å². The maximum absolute atomic E-state index is 11.4. The van der Waals surface area contributed by atoms with Crippen molar-refractivity contribution in [1.29, 1.82) is 0 Å². The fraction of sp³-hybridized carbons (Fsp3) is 0.188. The number of hydrogen-bond acceptors (Lipinski definition) is 2. The van der Waals surface area contributed by atoms with Crippen LogP contribution in [0.3, 0.4) is 0 Å². The first-order chi connectivity index (χ1) is 10.5. The summed E-state index contributed by atoms with van der Waals surface area (Å²) in [6, 6.07) is 14.1. The summed E-state index contributed by atoms with van der Waals surface area (Å²) >= 11 is 9.28. The van der Waals surface area contributed by atoms with Crippen LogP contribution < -0.4 is 4.90 Å². The van der Waals surface area contributed by atoms with Crippen molar-refractivity contribution in [2.24, 2.45) is 0 Å². The van der Waals surface area contributed by atoms with Crippen LogP contribution >= 0.6 is 27.5 Å². The smallest absolute Gasteiger partial charge is 0.411 e. The molecule has 2 N–H and O–H groups in total. The minimum absolute atomic E-state index is 0.170. The zero-order valence-electron chi connectivity index (χ0n) is 11.6. The van der Waals surface area contributed by atoms with Crippen molar-refractivity contribution in [3.63, 3.8) is 0 Å². The largest absolute Gasteiger partial charge is 0.465 e. The van der Waals surface area contributed by atoms with Crippen LogP contribution in [0, 0.1) is 0 Å². The first-order valence-corrected chi connectivity index (χ1v) is 7.84. The molecule has 0 aromatic heterocycles. The fourth-order valence-electron chi connectivity index (χ4n) is 2.08. The molecule has 116 valence electrons. The molecule has 6 heteroatoms. The van der Waals surface area contributed by atoms with Crippen molar-refractivity contribution in [2.75, 3.05) is 11.4 Å². The molecule has 0 heterocycles. The number of benzene rings is 2. The Labute approximate surface area is 142 Å². The van der Waals surface area contributed by atoms with E-state index in [0.717, 1.165) is 5.56 Å². The third-order valence-corrected chi connectivity index (χ3v) is 4.49. The van der Waals surface area contributed by atoms with E-state index >= 15 is 0 Å². The van der Waals surface area contributed by atoms with Gasteiger partial charge < -0.3 is 10.2 Å². The quantitative estimate of drug-likeness (QED) is 0.785. The van der Waals surface area contributed by atoms with E-state index < -0.39 is 12.2 Å². The van der Waals surface area contributed by atoms with E-state index in [-0.39, 0.29) is 6.54 Å². The second-order valence-electron chi connectivity index (χ2n) is 4.75. The molecule has 1 atom stereocenters. The van der Waals surface area contributed by atoms with E-state index in [0.29, 0.717) is 21.6 Å². The number of amides is 1. The second-order valence-corrected chi connectivity index (χ2v) is 6.01. The first kappa shape index (κ1) is 16.8. The summed E-state index contributed by atoms with van der Waals surface area (Å²) in [5.74, 6) is 0. The summed E-state index contributed by atoms with van der Waals surface area (Å²) in [7, 11) is 0. The number of halogens is 2. The molecule has 2 aromatic carbocycles. The van der Waals surface area contributed by atoms with E-state index in [1.54, 1.807) is 18.2 Å². The number of carbonyl (C=O) groups is 1. The number of nitrogens with zero attached hydrogens (tertiary/aromatic N) is 1. The number of rotatable bonds is 5. The Kier molecular flexibility index (Phi) is 5.83. The Balaban J connectivity index is 2.09. The summed E-state index contributed by atoms with van der Waals surface area (Å²) in [5.41, 5.74) is 1.24. The number of anilines is 1. The summed E-state index contributed by atoms with van der Waals surface area (Å²) in [6.07, 6.45) is -1.50. The van der Waals surface area contributed by atoms with Crippen LogP contribution in [0.2, 0.25) is 5.02 Å². The van der Waals surface area contributed by atoms with E-state index in [1.165, 1.54) is 4.90 Å². The molecule has 0 bridgehead atoms. The van der Waals surface area contributed by atoms with Crippen LogP contribution in [0.5, 0.6) is 0 Å². The second kappa shape index (κ2) is 7.63. The van der Waals surface area contributed by atoms with Gasteiger partial charge in [-0.05, 0) is 46.1 Å². The van der Waals surface area contributed by atoms with Crippen molar-refractivity contribution in [2.45, 2.75) is 12.5 Å². The molecule has 1 amide bonds. The van der Waals surface area contributed by atoms with Crippen LogP contribution in [0.15, 0.2) is 53.0 Å². The van der Waals surface area contributed by atoms with Crippen molar-refractivity contribution < 1.29 is 15.0 Å². The molecule has 0 unspecified atom stereocenters. The van der Waals surface area contributed by atoms with Gasteiger partial charge in [-0.2, -0.15) is 0 Å². The van der Waals surface area contributed by atoms with Gasteiger partial charge in [-0.25, -0.2) is 4.79 Å². The third kappa shape index (κ3) is 4.22. The Bertz CT molecular complexity index is 651. The Morgan fingerprint density at radius 2 is 1.91 bits per heavy atom. The molecule has 0 fully saturated rings. The van der Waals surface area contributed by atoms with Gasteiger partial charge in [-0.15, -0.1) is 0 Å². The normalized spacial score (nSPS) is 12.0. The lowest BCUT2D eigenvalue weighted by atomic mass is 10.1.